The molecule has 0 aromatic carbocycles. The lowest BCUT2D eigenvalue weighted by molar-refractivity contribution is -0.0258. The monoisotopic (exact) mass is 233 g/mol. The molecule has 0 saturated heterocycles. The normalized spacial score (nSPS) is 18.0. The van der Waals surface area contributed by atoms with Crippen LogP contribution in [0.15, 0.2) is 0 Å². The summed E-state index contributed by atoms with van der Waals surface area (Å²) in [4.78, 5) is 13.3. The molecule has 6 heteroatoms. The van der Waals surface area contributed by atoms with Crippen LogP contribution >= 0.6 is 0 Å². The van der Waals surface area contributed by atoms with Gasteiger partial charge in [0, 0.05) is 12.0 Å². The van der Waals surface area contributed by atoms with E-state index < -0.39 is 29.1 Å². The Hall–Kier alpha value is -1.46. The Morgan fingerprint density at radius 2 is 2.19 bits per heavy atom. The number of methoxy groups -OCH3 is 1. The van der Waals surface area contributed by atoms with Gasteiger partial charge in [0.25, 0.3) is 5.92 Å². The van der Waals surface area contributed by atoms with Crippen molar-refractivity contribution in [1.29, 1.82) is 0 Å². The van der Waals surface area contributed by atoms with E-state index in [4.69, 9.17) is 0 Å². The maximum absolute atomic E-state index is 13.6. The highest BCUT2D eigenvalue weighted by Crippen LogP contribution is 2.41. The van der Waals surface area contributed by atoms with Gasteiger partial charge in [0.1, 0.15) is 0 Å². The minimum atomic E-state index is -3.10. The van der Waals surface area contributed by atoms with Gasteiger partial charge in [0.2, 0.25) is 0 Å². The number of aromatic amines is 1. The molecule has 0 radical (unpaired) electrons. The zero-order valence-electron chi connectivity index (χ0n) is 8.57. The molecular weight excluding hydrogens is 223 g/mol. The predicted molar refractivity (Wildman–Crippen MR) is 48.9 cm³/mol. The largest absolute Gasteiger partial charge is 0.464 e. The number of carbonyl (C=O) groups excluding carboxylic acids is 1. The first-order valence-corrected chi connectivity index (χ1v) is 4.84. The Morgan fingerprint density at radius 1 is 1.50 bits per heavy atom. The van der Waals surface area contributed by atoms with E-state index in [2.05, 4.69) is 9.72 Å². The fourth-order valence-corrected chi connectivity index (χ4v) is 1.92. The Morgan fingerprint density at radius 3 is 2.75 bits per heavy atom. The van der Waals surface area contributed by atoms with Gasteiger partial charge >= 0.3 is 5.97 Å². The van der Waals surface area contributed by atoms with Gasteiger partial charge in [0.15, 0.2) is 11.5 Å². The summed E-state index contributed by atoms with van der Waals surface area (Å²) in [5.74, 6) is -4.98. The molecule has 0 saturated carbocycles. The molecule has 0 spiro atoms. The number of hydrogen-bond donors (Lipinski definition) is 1. The van der Waals surface area contributed by atoms with Crippen molar-refractivity contribution in [1.82, 2.24) is 4.98 Å². The number of rotatable bonds is 1. The van der Waals surface area contributed by atoms with Gasteiger partial charge in [-0.15, -0.1) is 0 Å². The molecule has 0 fully saturated rings. The van der Waals surface area contributed by atoms with Gasteiger partial charge in [-0.1, -0.05) is 0 Å². The average molecular weight is 233 g/mol. The second-order valence-electron chi connectivity index (χ2n) is 3.72. The third kappa shape index (κ3) is 1.48. The van der Waals surface area contributed by atoms with E-state index >= 15 is 0 Å². The number of halogens is 3. The quantitative estimate of drug-likeness (QED) is 0.756. The average Bonchev–Trinajstić information content (AvgIpc) is 2.57. The molecule has 0 unspecified atom stereocenters. The number of H-pyrrole nitrogens is 1. The molecule has 3 nitrogen and oxygen atoms in total. The van der Waals surface area contributed by atoms with Gasteiger partial charge < -0.3 is 9.72 Å². The highest BCUT2D eigenvalue weighted by molar-refractivity contribution is 5.88. The number of fused-ring (bicyclic) bond motifs is 1. The van der Waals surface area contributed by atoms with Crippen LogP contribution in [0.1, 0.15) is 34.6 Å². The van der Waals surface area contributed by atoms with Crippen LogP contribution in [0, 0.1) is 5.82 Å². The molecule has 1 heterocycles. The van der Waals surface area contributed by atoms with E-state index in [-0.39, 0.29) is 24.8 Å². The van der Waals surface area contributed by atoms with Crippen LogP contribution < -0.4 is 0 Å². The van der Waals surface area contributed by atoms with Crippen molar-refractivity contribution in [3.05, 3.63) is 22.8 Å². The van der Waals surface area contributed by atoms with E-state index in [1.807, 2.05) is 0 Å². The third-order valence-corrected chi connectivity index (χ3v) is 2.71. The Bertz CT molecular complexity index is 440. The molecule has 1 N–H and O–H groups in total. The van der Waals surface area contributed by atoms with Gasteiger partial charge in [0.05, 0.1) is 12.8 Å². The van der Waals surface area contributed by atoms with Crippen LogP contribution in [0.5, 0.6) is 0 Å². The maximum Gasteiger partial charge on any atom is 0.357 e. The van der Waals surface area contributed by atoms with Crippen molar-refractivity contribution in [2.75, 3.05) is 7.11 Å². The third-order valence-electron chi connectivity index (χ3n) is 2.71. The first-order valence-electron chi connectivity index (χ1n) is 4.84. The van der Waals surface area contributed by atoms with E-state index in [0.29, 0.717) is 0 Å². The number of nitrogens with one attached hydrogen (secondary N) is 1. The Balaban J connectivity index is 2.54. The molecule has 0 amide bonds. The summed E-state index contributed by atoms with van der Waals surface area (Å²) in [7, 11) is 1.07. The summed E-state index contributed by atoms with van der Waals surface area (Å²) in [5.41, 5.74) is -1.11. The zero-order chi connectivity index (χ0) is 11.9. The first kappa shape index (κ1) is 11.0. The number of alkyl halides is 2. The zero-order valence-corrected chi connectivity index (χ0v) is 8.57. The molecule has 88 valence electrons. The van der Waals surface area contributed by atoms with Crippen molar-refractivity contribution >= 4 is 5.97 Å². The smallest absolute Gasteiger partial charge is 0.357 e. The predicted octanol–water partition coefficient (Wildman–Crippen LogP) is 2.37. The molecule has 16 heavy (non-hydrogen) atoms. The maximum atomic E-state index is 13.6. The molecule has 2 rings (SSSR count). The van der Waals surface area contributed by atoms with Gasteiger partial charge in [-0.25, -0.2) is 9.18 Å². The first-order chi connectivity index (χ1) is 7.47. The number of ether oxygens (including phenoxy) is 1. The fraction of sp³-hybridized carbons (Fsp3) is 0.500. The van der Waals surface area contributed by atoms with Crippen molar-refractivity contribution in [2.24, 2.45) is 0 Å². The summed E-state index contributed by atoms with van der Waals surface area (Å²) in [5, 5.41) is 0. The summed E-state index contributed by atoms with van der Waals surface area (Å²) >= 11 is 0. The van der Waals surface area contributed by atoms with Crippen molar-refractivity contribution < 1.29 is 22.7 Å². The molecule has 0 atom stereocenters. The summed E-state index contributed by atoms with van der Waals surface area (Å²) < 4.78 is 44.8. The highest BCUT2D eigenvalue weighted by atomic mass is 19.3. The molecule has 1 aliphatic carbocycles. The number of esters is 1. The lowest BCUT2D eigenvalue weighted by Gasteiger charge is -2.21. The molecular formula is C10H10F3NO2. The lowest BCUT2D eigenvalue weighted by atomic mass is 9.94. The molecule has 0 aliphatic heterocycles. The van der Waals surface area contributed by atoms with Crippen LogP contribution in [-0.4, -0.2) is 18.1 Å². The van der Waals surface area contributed by atoms with Gasteiger partial charge in [-0.3, -0.25) is 0 Å². The molecule has 1 aliphatic rings. The number of hydrogen-bond acceptors (Lipinski definition) is 2. The van der Waals surface area contributed by atoms with E-state index in [0.717, 1.165) is 7.11 Å². The van der Waals surface area contributed by atoms with Crippen LogP contribution in [0.4, 0.5) is 13.2 Å². The van der Waals surface area contributed by atoms with Crippen LogP contribution in [-0.2, 0) is 17.1 Å². The topological polar surface area (TPSA) is 42.1 Å². The molecule has 1 aromatic rings. The minimum absolute atomic E-state index is 0.100. The van der Waals surface area contributed by atoms with Crippen LogP contribution in [0.2, 0.25) is 0 Å². The lowest BCUT2D eigenvalue weighted by Crippen LogP contribution is -2.20. The van der Waals surface area contributed by atoms with Crippen LogP contribution in [0.3, 0.4) is 0 Å². The summed E-state index contributed by atoms with van der Waals surface area (Å²) in [6.07, 6.45) is 0.0835. The number of aromatic nitrogens is 1. The second kappa shape index (κ2) is 3.54. The highest BCUT2D eigenvalue weighted by Gasteiger charge is 2.41. The summed E-state index contributed by atoms with van der Waals surface area (Å²) in [6, 6.07) is 0. The Labute approximate surface area is 89.6 Å². The van der Waals surface area contributed by atoms with Crippen molar-refractivity contribution in [3.8, 4) is 0 Å². The van der Waals surface area contributed by atoms with Crippen molar-refractivity contribution in [3.63, 3.8) is 0 Å². The SMILES string of the molecule is COC(=O)c1[nH]c2c(c1F)CCCC2(F)F. The van der Waals surface area contributed by atoms with E-state index in [1.54, 1.807) is 0 Å². The fourth-order valence-electron chi connectivity index (χ4n) is 1.92. The minimum Gasteiger partial charge on any atom is -0.464 e. The van der Waals surface area contributed by atoms with Gasteiger partial charge in [-0.05, 0) is 12.8 Å². The molecule has 0 bridgehead atoms. The second-order valence-corrected chi connectivity index (χ2v) is 3.72. The van der Waals surface area contributed by atoms with Gasteiger partial charge in [-0.2, -0.15) is 8.78 Å². The standard InChI is InChI=1S/C10H10F3NO2/c1-16-9(15)7-6(11)5-3-2-4-10(12,13)8(5)14-7/h14H,2-4H2,1H3. The van der Waals surface area contributed by atoms with Crippen LogP contribution in [0.25, 0.3) is 0 Å². The molecule has 1 aromatic heterocycles. The van der Waals surface area contributed by atoms with Crippen molar-refractivity contribution in [2.45, 2.75) is 25.2 Å². The van der Waals surface area contributed by atoms with E-state index in [9.17, 15) is 18.0 Å². The van der Waals surface area contributed by atoms with E-state index in [1.165, 1.54) is 0 Å². The summed E-state index contributed by atoms with van der Waals surface area (Å²) in [6.45, 7) is 0. The Kier molecular flexibility index (Phi) is 2.44. The number of carbonyl (C=O) groups is 1.